The molecule has 1 atom stereocenters. The van der Waals surface area contributed by atoms with Crippen LogP contribution in [0.5, 0.6) is 0 Å². The average molecular weight is 596 g/mol. The molecule has 224 valence electrons. The third kappa shape index (κ3) is 5.00. The van der Waals surface area contributed by atoms with Crippen LogP contribution in [0.3, 0.4) is 0 Å². The number of nitrogens with two attached hydrogens (primary N) is 1. The Kier molecular flexibility index (Phi) is 7.13. The highest BCUT2D eigenvalue weighted by atomic mass is 19.3. The van der Waals surface area contributed by atoms with Crippen LogP contribution in [0, 0.1) is 0 Å². The van der Waals surface area contributed by atoms with E-state index < -0.39 is 6.43 Å². The van der Waals surface area contributed by atoms with Crippen LogP contribution in [0.15, 0.2) is 73.6 Å². The molecule has 5 aromatic rings. The number of amides is 1. The van der Waals surface area contributed by atoms with Gasteiger partial charge in [0, 0.05) is 43.3 Å². The maximum Gasteiger partial charge on any atom is 0.282 e. The van der Waals surface area contributed by atoms with Gasteiger partial charge in [0.05, 0.1) is 5.56 Å². The van der Waals surface area contributed by atoms with E-state index in [1.54, 1.807) is 24.4 Å². The van der Waals surface area contributed by atoms with Gasteiger partial charge < -0.3 is 16.0 Å². The normalized spacial score (nSPS) is 17.0. The number of rotatable bonds is 7. The zero-order valence-electron chi connectivity index (χ0n) is 23.9. The molecule has 12 heteroatoms. The zero-order chi connectivity index (χ0) is 30.4. The van der Waals surface area contributed by atoms with Crippen LogP contribution in [0.4, 0.5) is 14.6 Å². The van der Waals surface area contributed by atoms with E-state index in [1.165, 1.54) is 34.1 Å². The molecule has 1 aliphatic carbocycles. The number of hydrogen-bond acceptors (Lipinski definition) is 7. The third-order valence-electron chi connectivity index (χ3n) is 8.52. The van der Waals surface area contributed by atoms with E-state index in [0.29, 0.717) is 40.2 Å². The largest absolute Gasteiger partial charge is 0.383 e. The van der Waals surface area contributed by atoms with Crippen molar-refractivity contribution in [2.75, 3.05) is 18.8 Å². The minimum atomic E-state index is -2.68. The van der Waals surface area contributed by atoms with Crippen molar-refractivity contribution in [2.45, 2.75) is 44.2 Å². The number of imidazole rings is 1. The molecule has 0 bridgehead atoms. The van der Waals surface area contributed by atoms with Gasteiger partial charge in [0.1, 0.15) is 17.0 Å². The fourth-order valence-electron chi connectivity index (χ4n) is 6.29. The van der Waals surface area contributed by atoms with Gasteiger partial charge in [0.2, 0.25) is 5.91 Å². The summed E-state index contributed by atoms with van der Waals surface area (Å²) in [6.45, 7) is 5.06. The van der Waals surface area contributed by atoms with E-state index in [1.807, 2.05) is 15.5 Å². The van der Waals surface area contributed by atoms with Crippen LogP contribution < -0.4 is 11.1 Å². The summed E-state index contributed by atoms with van der Waals surface area (Å²) in [6.07, 6.45) is 5.51. The number of piperidine rings is 1. The number of alkyl halides is 2. The Hall–Kier alpha value is -4.97. The van der Waals surface area contributed by atoms with Crippen molar-refractivity contribution in [1.29, 1.82) is 0 Å². The van der Waals surface area contributed by atoms with E-state index in [9.17, 15) is 13.6 Å². The summed E-state index contributed by atoms with van der Waals surface area (Å²) in [6, 6.07) is 15.4. The van der Waals surface area contributed by atoms with Crippen molar-refractivity contribution >= 4 is 22.9 Å². The molecule has 1 fully saturated rings. The maximum atomic E-state index is 13.2. The number of pyridine rings is 2. The quantitative estimate of drug-likeness (QED) is 0.256. The number of aryl methyl sites for hydroxylation is 1. The average Bonchev–Trinajstić information content (AvgIpc) is 3.78. The van der Waals surface area contributed by atoms with E-state index in [2.05, 4.69) is 40.2 Å². The molecule has 7 rings (SSSR count). The number of nitrogens with zero attached hydrogens (tertiary/aromatic N) is 7. The van der Waals surface area contributed by atoms with Gasteiger partial charge >= 0.3 is 0 Å². The van der Waals surface area contributed by atoms with Crippen molar-refractivity contribution in [2.24, 2.45) is 0 Å². The molecule has 0 saturated carbocycles. The van der Waals surface area contributed by atoms with Gasteiger partial charge in [0.25, 0.3) is 6.43 Å². The number of likely N-dealkylation sites (tertiary alicyclic amines) is 1. The lowest BCUT2D eigenvalue weighted by Gasteiger charge is -2.33. The number of halogens is 2. The maximum absolute atomic E-state index is 13.2. The molecule has 10 nitrogen and oxygen atoms in total. The van der Waals surface area contributed by atoms with Crippen LogP contribution >= 0.6 is 0 Å². The molecule has 0 radical (unpaired) electrons. The number of anilines is 1. The summed E-state index contributed by atoms with van der Waals surface area (Å²) in [5.41, 5.74) is 11.2. The van der Waals surface area contributed by atoms with Crippen molar-refractivity contribution in [1.82, 2.24) is 39.5 Å². The van der Waals surface area contributed by atoms with Gasteiger partial charge in [-0.2, -0.15) is 5.10 Å². The Morgan fingerprint density at radius 2 is 1.93 bits per heavy atom. The van der Waals surface area contributed by atoms with Gasteiger partial charge in [-0.3, -0.25) is 9.36 Å². The lowest BCUT2D eigenvalue weighted by molar-refractivity contribution is -0.127. The van der Waals surface area contributed by atoms with E-state index in [0.717, 1.165) is 44.5 Å². The van der Waals surface area contributed by atoms with E-state index in [4.69, 9.17) is 15.7 Å². The highest BCUT2D eigenvalue weighted by Crippen LogP contribution is 2.36. The summed E-state index contributed by atoms with van der Waals surface area (Å²) in [4.78, 5) is 27.8. The lowest BCUT2D eigenvalue weighted by atomic mass is 10.0. The number of fused-ring (bicyclic) bond motifs is 2. The first-order chi connectivity index (χ1) is 21.4. The minimum Gasteiger partial charge on any atom is -0.383 e. The van der Waals surface area contributed by atoms with Gasteiger partial charge in [-0.05, 0) is 85.4 Å². The molecule has 1 aromatic carbocycles. The monoisotopic (exact) mass is 595 g/mol. The first-order valence-corrected chi connectivity index (χ1v) is 14.6. The third-order valence-corrected chi connectivity index (χ3v) is 8.52. The van der Waals surface area contributed by atoms with Crippen LogP contribution in [-0.4, -0.2) is 59.2 Å². The second kappa shape index (κ2) is 11.3. The molecule has 1 aliphatic heterocycles. The smallest absolute Gasteiger partial charge is 0.282 e. The summed E-state index contributed by atoms with van der Waals surface area (Å²) in [5.74, 6) is 1.30. The van der Waals surface area contributed by atoms with Crippen LogP contribution in [0.1, 0.15) is 48.6 Å². The molecule has 0 spiro atoms. The van der Waals surface area contributed by atoms with Crippen molar-refractivity contribution in [3.8, 4) is 22.9 Å². The summed E-state index contributed by atoms with van der Waals surface area (Å²) >= 11 is 0. The molecule has 1 saturated heterocycles. The topological polar surface area (TPSA) is 120 Å². The second-order valence-electron chi connectivity index (χ2n) is 11.1. The molecular weight excluding hydrogens is 564 g/mol. The Labute approximate surface area is 252 Å². The van der Waals surface area contributed by atoms with Crippen molar-refractivity contribution in [3.05, 3.63) is 90.4 Å². The zero-order valence-corrected chi connectivity index (χ0v) is 23.9. The fraction of sp³-hybridized carbons (Fsp3) is 0.281. The number of hydrogen-bond donors (Lipinski definition) is 2. The number of aromatic nitrogens is 6. The van der Waals surface area contributed by atoms with Crippen LogP contribution in [-0.2, 0) is 11.2 Å². The fourth-order valence-corrected chi connectivity index (χ4v) is 6.29. The number of benzene rings is 1. The van der Waals surface area contributed by atoms with E-state index in [-0.39, 0.29) is 17.6 Å². The second-order valence-corrected chi connectivity index (χ2v) is 11.1. The Balaban J connectivity index is 1.24. The first kappa shape index (κ1) is 27.8. The van der Waals surface area contributed by atoms with Gasteiger partial charge in [0.15, 0.2) is 17.3 Å². The molecule has 1 amide bonds. The summed E-state index contributed by atoms with van der Waals surface area (Å²) < 4.78 is 29.8. The minimum absolute atomic E-state index is 0.00855. The SMILES string of the molecule is C=CC(=O)N1CCC(N[C@@H]2CCc3cc(-n4c(-c5cccnc5N)nc5ccc(-n6ccc(C(F)F)n6)nc54)ccc32)CC1. The van der Waals surface area contributed by atoms with Crippen LogP contribution in [0.25, 0.3) is 34.1 Å². The molecule has 3 N–H and O–H groups in total. The lowest BCUT2D eigenvalue weighted by Crippen LogP contribution is -2.45. The van der Waals surface area contributed by atoms with E-state index >= 15 is 0 Å². The predicted octanol–water partition coefficient (Wildman–Crippen LogP) is 4.94. The van der Waals surface area contributed by atoms with Crippen LogP contribution in [0.2, 0.25) is 0 Å². The number of carbonyl (C=O) groups excluding carboxylic acids is 1. The highest BCUT2D eigenvalue weighted by Gasteiger charge is 2.29. The van der Waals surface area contributed by atoms with Gasteiger partial charge in [-0.1, -0.05) is 12.6 Å². The molecule has 4 aromatic heterocycles. The molecule has 0 unspecified atom stereocenters. The van der Waals surface area contributed by atoms with Gasteiger partial charge in [-0.15, -0.1) is 0 Å². The molecular formula is C32H31F2N9O. The highest BCUT2D eigenvalue weighted by molar-refractivity contribution is 5.87. The molecule has 2 aliphatic rings. The first-order valence-electron chi connectivity index (χ1n) is 14.6. The number of nitrogen functional groups attached to an aromatic ring is 1. The molecule has 5 heterocycles. The Bertz CT molecular complexity index is 1870. The Morgan fingerprint density at radius 1 is 1.09 bits per heavy atom. The number of carbonyl (C=O) groups is 1. The van der Waals surface area contributed by atoms with Crippen molar-refractivity contribution < 1.29 is 13.6 Å². The molecule has 44 heavy (non-hydrogen) atoms. The Morgan fingerprint density at radius 3 is 2.68 bits per heavy atom. The predicted molar refractivity (Wildman–Crippen MR) is 163 cm³/mol. The van der Waals surface area contributed by atoms with Crippen molar-refractivity contribution in [3.63, 3.8) is 0 Å². The standard InChI is InChI=1S/C32H31F2N9O/c1-2-28(44)41-15-11-20(12-16-41)37-24-8-5-19-18-21(6-7-22(19)24)43-31(23-4-3-14-36-30(23)35)38-26-9-10-27(39-32(26)43)42-17-13-25(40-42)29(33)34/h2-4,6-7,9-10,13-14,17-18,20,24,29,37H,1,5,8,11-12,15-16H2,(H2,35,36)/t24-/m1/s1. The van der Waals surface area contributed by atoms with Gasteiger partial charge in [-0.25, -0.2) is 28.4 Å². The summed E-state index contributed by atoms with van der Waals surface area (Å²) in [7, 11) is 0. The summed E-state index contributed by atoms with van der Waals surface area (Å²) in [5, 5.41) is 7.84. The number of nitrogens with one attached hydrogen (secondary N) is 1.